The van der Waals surface area contributed by atoms with Crippen LogP contribution in [-0.2, 0) is 12.1 Å². The average molecular weight is 560 g/mol. The van der Waals surface area contributed by atoms with Crippen molar-refractivity contribution < 1.29 is 26.7 Å². The highest BCUT2D eigenvalue weighted by Crippen LogP contribution is 2.71. The summed E-state index contributed by atoms with van der Waals surface area (Å²) in [6, 6.07) is 3.92. The fraction of sp³-hybridized carbons (Fsp3) is 0.320. The van der Waals surface area contributed by atoms with Gasteiger partial charge in [-0.25, -0.2) is 37.5 Å². The molecule has 4 heterocycles. The number of benzene rings is 1. The first kappa shape index (κ1) is 25.3. The number of ether oxygens (including phenoxy) is 1. The van der Waals surface area contributed by atoms with Crippen molar-refractivity contribution in [3.8, 4) is 5.75 Å². The van der Waals surface area contributed by atoms with Crippen LogP contribution in [-0.4, -0.2) is 36.3 Å². The lowest BCUT2D eigenvalue weighted by Gasteiger charge is -2.34. The molecule has 1 aliphatic heterocycles. The Labute approximate surface area is 223 Å². The lowest BCUT2D eigenvalue weighted by Crippen LogP contribution is -2.39. The van der Waals surface area contributed by atoms with Crippen LogP contribution in [0.15, 0.2) is 52.6 Å². The summed E-state index contributed by atoms with van der Waals surface area (Å²) in [6.07, 6.45) is 2.95. The van der Waals surface area contributed by atoms with Crippen molar-refractivity contribution in [1.82, 2.24) is 19.9 Å². The number of nitrogens with two attached hydrogens (primary N) is 1. The molecule has 0 unspecified atom stereocenters. The van der Waals surface area contributed by atoms with Gasteiger partial charge in [-0.05, 0) is 18.9 Å². The number of hydrogen-bond acceptors (Lipinski definition) is 10. The Morgan fingerprint density at radius 3 is 2.74 bits per heavy atom. The highest BCUT2D eigenvalue weighted by atomic mass is 32.2. The summed E-state index contributed by atoms with van der Waals surface area (Å²) in [5, 5.41) is 2.86. The molecule has 2 aliphatic rings. The van der Waals surface area contributed by atoms with Crippen LogP contribution in [0.3, 0.4) is 0 Å². The molecule has 1 fully saturated rings. The monoisotopic (exact) mass is 559 g/mol. The highest BCUT2D eigenvalue weighted by Gasteiger charge is 2.76. The number of amidine groups is 1. The molecule has 39 heavy (non-hydrogen) atoms. The molecule has 1 saturated carbocycles. The minimum atomic E-state index is -2.72. The van der Waals surface area contributed by atoms with Crippen molar-refractivity contribution >= 4 is 39.5 Å². The highest BCUT2D eigenvalue weighted by molar-refractivity contribution is 8.15. The third kappa shape index (κ3) is 4.04. The van der Waals surface area contributed by atoms with Crippen LogP contribution in [0.5, 0.6) is 5.75 Å². The second-order valence-electron chi connectivity index (χ2n) is 9.54. The van der Waals surface area contributed by atoms with Crippen LogP contribution in [0, 0.1) is 23.5 Å². The van der Waals surface area contributed by atoms with Gasteiger partial charge in [-0.1, -0.05) is 18.7 Å². The maximum atomic E-state index is 15.2. The van der Waals surface area contributed by atoms with Crippen LogP contribution in [0.1, 0.15) is 25.3 Å². The van der Waals surface area contributed by atoms with Gasteiger partial charge in [-0.3, -0.25) is 4.99 Å². The van der Waals surface area contributed by atoms with Gasteiger partial charge in [-0.2, -0.15) is 0 Å². The number of oxazole rings is 1. The molecule has 4 aromatic rings. The number of rotatable bonds is 7. The first-order valence-corrected chi connectivity index (χ1v) is 12.7. The molecule has 9 nitrogen and oxygen atoms in total. The van der Waals surface area contributed by atoms with Crippen molar-refractivity contribution in [3.05, 3.63) is 66.3 Å². The van der Waals surface area contributed by atoms with E-state index in [0.29, 0.717) is 22.7 Å². The first-order chi connectivity index (χ1) is 18.6. The van der Waals surface area contributed by atoms with Gasteiger partial charge in [0.15, 0.2) is 29.2 Å². The molecule has 6 rings (SSSR count). The summed E-state index contributed by atoms with van der Waals surface area (Å²) in [4.78, 5) is 21.1. The fourth-order valence-corrected chi connectivity index (χ4v) is 6.98. The van der Waals surface area contributed by atoms with E-state index in [2.05, 4.69) is 30.2 Å². The van der Waals surface area contributed by atoms with E-state index in [1.165, 1.54) is 38.0 Å². The molecular weight excluding hydrogens is 538 g/mol. The van der Waals surface area contributed by atoms with E-state index >= 15 is 4.39 Å². The van der Waals surface area contributed by atoms with Gasteiger partial charge >= 0.3 is 0 Å². The van der Waals surface area contributed by atoms with Gasteiger partial charge in [-0.15, -0.1) is 0 Å². The zero-order chi connectivity index (χ0) is 27.5. The maximum absolute atomic E-state index is 15.2. The Morgan fingerprint density at radius 1 is 1.18 bits per heavy atom. The Hall–Kier alpha value is -3.94. The van der Waals surface area contributed by atoms with E-state index < -0.39 is 40.2 Å². The number of halogens is 4. The van der Waals surface area contributed by atoms with Gasteiger partial charge in [0.05, 0.1) is 28.2 Å². The molecule has 0 bridgehead atoms. The van der Waals surface area contributed by atoms with Crippen molar-refractivity contribution in [2.75, 3.05) is 5.32 Å². The topological polar surface area (TPSA) is 124 Å². The molecule has 1 aliphatic carbocycles. The number of aliphatic imine (C=N–C) groups is 1. The van der Waals surface area contributed by atoms with Crippen LogP contribution < -0.4 is 15.8 Å². The third-order valence-corrected chi connectivity index (χ3v) is 8.75. The van der Waals surface area contributed by atoms with E-state index in [9.17, 15) is 13.2 Å². The predicted octanol–water partition coefficient (Wildman–Crippen LogP) is 5.16. The number of aromatic nitrogens is 4. The van der Waals surface area contributed by atoms with E-state index in [4.69, 9.17) is 14.9 Å². The Balaban J connectivity index is 1.33. The van der Waals surface area contributed by atoms with Crippen LogP contribution in [0.2, 0.25) is 0 Å². The molecule has 0 spiro atoms. The molecule has 3 N–H and O–H groups in total. The third-order valence-electron chi connectivity index (χ3n) is 7.29. The summed E-state index contributed by atoms with van der Waals surface area (Å²) in [6.45, 7) is 3.24. The maximum Gasteiger partial charge on any atom is 0.254 e. The predicted molar refractivity (Wildman–Crippen MR) is 136 cm³/mol. The summed E-state index contributed by atoms with van der Waals surface area (Å²) in [5.74, 6) is -2.61. The molecule has 3 aromatic heterocycles. The molecule has 14 heteroatoms. The minimum Gasteiger partial charge on any atom is -0.482 e. The summed E-state index contributed by atoms with van der Waals surface area (Å²) >= 11 is 0.800. The van der Waals surface area contributed by atoms with Crippen LogP contribution in [0.25, 0.3) is 11.0 Å². The Morgan fingerprint density at radius 2 is 2.00 bits per heavy atom. The zero-order valence-electron chi connectivity index (χ0n) is 20.5. The molecule has 0 saturated heterocycles. The van der Waals surface area contributed by atoms with Crippen molar-refractivity contribution in [2.24, 2.45) is 22.6 Å². The van der Waals surface area contributed by atoms with Gasteiger partial charge in [0.1, 0.15) is 23.9 Å². The molecule has 0 radical (unpaired) electrons. The quantitative estimate of drug-likeness (QED) is 0.296. The van der Waals surface area contributed by atoms with E-state index in [1.807, 2.05) is 0 Å². The molecule has 1 aromatic carbocycles. The standard InChI is InChI=1S/C25H21F4N7O2S/c1-11-20-24(2,36-23(30)39-25(11,20)22(28)29)14-5-12(6-15(26)18(14)27)35-21-19-16(33-10-34-21)7-13(8-32-19)38-9-17-31-3-4-37-17/h3-8,10-11,20,22H,9H2,1-2H3,(H2,30,36)(H,33,34,35)/t11-,20-,24+,25-/m0/s1. The number of alkyl halides is 2. The average Bonchev–Trinajstić information content (AvgIpc) is 3.23. The smallest absolute Gasteiger partial charge is 0.254 e. The SMILES string of the molecule is C[C@H]1[C@@H]2[C@@]1(C(F)F)SC(N)=N[C@]2(C)c1cc(Nc2ncnc3cc(OCc4ncco4)cnc23)cc(F)c1F. The molecule has 0 amide bonds. The van der Waals surface area contributed by atoms with E-state index in [-0.39, 0.29) is 28.8 Å². The second-order valence-corrected chi connectivity index (χ2v) is 10.9. The van der Waals surface area contributed by atoms with Crippen molar-refractivity contribution in [3.63, 3.8) is 0 Å². The fourth-order valence-electron chi connectivity index (χ4n) is 5.48. The number of hydrogen-bond donors (Lipinski definition) is 2. The van der Waals surface area contributed by atoms with Crippen molar-refractivity contribution in [2.45, 2.75) is 37.2 Å². The van der Waals surface area contributed by atoms with Crippen molar-refractivity contribution in [1.29, 1.82) is 0 Å². The van der Waals surface area contributed by atoms with Gasteiger partial charge in [0.2, 0.25) is 5.89 Å². The largest absolute Gasteiger partial charge is 0.482 e. The summed E-state index contributed by atoms with van der Waals surface area (Å²) < 4.78 is 67.6. The van der Waals surface area contributed by atoms with E-state index in [1.54, 1.807) is 13.0 Å². The minimum absolute atomic E-state index is 0.0880. The van der Waals surface area contributed by atoms with Gasteiger partial charge < -0.3 is 20.2 Å². The summed E-state index contributed by atoms with van der Waals surface area (Å²) in [5.41, 5.74) is 5.12. The number of thioether (sulfide) groups is 1. The number of nitrogens with one attached hydrogen (secondary N) is 1. The molecular formula is C25H21F4N7O2S. The molecule has 4 atom stereocenters. The van der Waals surface area contributed by atoms with Crippen LogP contribution in [0.4, 0.5) is 29.1 Å². The second kappa shape index (κ2) is 9.07. The first-order valence-electron chi connectivity index (χ1n) is 11.8. The Kier molecular flexibility index (Phi) is 5.90. The number of nitrogens with zero attached hydrogens (tertiary/aromatic N) is 5. The number of fused-ring (bicyclic) bond motifs is 2. The number of anilines is 2. The lowest BCUT2D eigenvalue weighted by atomic mass is 9.84. The van der Waals surface area contributed by atoms with Crippen LogP contribution >= 0.6 is 11.8 Å². The van der Waals surface area contributed by atoms with Gasteiger partial charge in [0, 0.05) is 29.3 Å². The zero-order valence-corrected chi connectivity index (χ0v) is 21.3. The number of pyridine rings is 1. The normalized spacial score (nSPS) is 25.9. The van der Waals surface area contributed by atoms with E-state index in [0.717, 1.165) is 17.8 Å². The summed E-state index contributed by atoms with van der Waals surface area (Å²) in [7, 11) is 0. The molecule has 202 valence electrons. The van der Waals surface area contributed by atoms with Gasteiger partial charge in [0.25, 0.3) is 6.43 Å². The lowest BCUT2D eigenvalue weighted by molar-refractivity contribution is 0.121. The Bertz CT molecular complexity index is 1610.